The van der Waals surface area contributed by atoms with Gasteiger partial charge in [-0.25, -0.2) is 4.39 Å². The number of rotatable bonds is 3. The van der Waals surface area contributed by atoms with E-state index in [4.69, 9.17) is 0 Å². The topological polar surface area (TPSA) is 66.5 Å². The van der Waals surface area contributed by atoms with Gasteiger partial charge in [0.25, 0.3) is 0 Å². The summed E-state index contributed by atoms with van der Waals surface area (Å²) in [6, 6.07) is 18.9. The fourth-order valence-electron chi connectivity index (χ4n) is 6.07. The highest BCUT2D eigenvalue weighted by Gasteiger charge is 2.69. The van der Waals surface area contributed by atoms with Crippen molar-refractivity contribution in [3.8, 4) is 0 Å². The molecule has 34 heavy (non-hydrogen) atoms. The SMILES string of the molecule is CC(=O)C1C(C(=O)c2ccc(F)cc2)C2(C(=O)Nc3ccccc32)C2C=Cc3ccccc3N12. The molecule has 0 aliphatic carbocycles. The van der Waals surface area contributed by atoms with Crippen LogP contribution in [0.25, 0.3) is 6.08 Å². The molecule has 4 atom stereocenters. The van der Waals surface area contributed by atoms with Gasteiger partial charge in [-0.1, -0.05) is 48.6 Å². The molecule has 3 aromatic rings. The predicted molar refractivity (Wildman–Crippen MR) is 127 cm³/mol. The maximum atomic E-state index is 14.1. The van der Waals surface area contributed by atoms with Crippen molar-refractivity contribution in [2.45, 2.75) is 24.4 Å². The summed E-state index contributed by atoms with van der Waals surface area (Å²) in [6.45, 7) is 1.46. The number of halogens is 1. The number of Topliss-reactive ketones (excluding diaryl/α,β-unsaturated/α-hetero) is 2. The summed E-state index contributed by atoms with van der Waals surface area (Å²) in [5.41, 5.74) is 2.01. The van der Waals surface area contributed by atoms with Crippen molar-refractivity contribution in [1.82, 2.24) is 0 Å². The number of para-hydroxylation sites is 2. The second kappa shape index (κ2) is 7.22. The summed E-state index contributed by atoms with van der Waals surface area (Å²) in [5.74, 6) is -2.33. The van der Waals surface area contributed by atoms with Crippen LogP contribution in [0.2, 0.25) is 0 Å². The molecular formula is C28H21FN2O3. The number of ketones is 2. The van der Waals surface area contributed by atoms with Crippen molar-refractivity contribution in [2.24, 2.45) is 5.92 Å². The second-order valence-corrected chi connectivity index (χ2v) is 9.04. The van der Waals surface area contributed by atoms with E-state index in [1.807, 2.05) is 65.6 Å². The Labute approximate surface area is 195 Å². The number of anilines is 2. The number of carbonyl (C=O) groups is 3. The standard InChI is InChI=1S/C28H21FN2O3/c1-16(32)25-24(26(33)18-10-13-19(29)14-11-18)28(20-7-3-4-8-21(20)30-27(28)34)23-15-12-17-6-2-5-9-22(17)31(23)25/h2-15,23-25H,1H3,(H,30,34). The molecule has 1 saturated heterocycles. The highest BCUT2D eigenvalue weighted by atomic mass is 19.1. The van der Waals surface area contributed by atoms with Crippen molar-refractivity contribution < 1.29 is 18.8 Å². The van der Waals surface area contributed by atoms with Crippen LogP contribution >= 0.6 is 0 Å². The number of nitrogens with one attached hydrogen (secondary N) is 1. The first kappa shape index (κ1) is 20.5. The van der Waals surface area contributed by atoms with Gasteiger partial charge >= 0.3 is 0 Å². The van der Waals surface area contributed by atoms with Crippen LogP contribution in [0.4, 0.5) is 15.8 Å². The third kappa shape index (κ3) is 2.56. The molecule has 3 heterocycles. The largest absolute Gasteiger partial charge is 0.352 e. The van der Waals surface area contributed by atoms with E-state index in [9.17, 15) is 18.8 Å². The van der Waals surface area contributed by atoms with Crippen LogP contribution in [-0.4, -0.2) is 29.6 Å². The van der Waals surface area contributed by atoms with Gasteiger partial charge in [0.2, 0.25) is 5.91 Å². The lowest BCUT2D eigenvalue weighted by atomic mass is 9.64. The normalized spacial score (nSPS) is 26.1. The monoisotopic (exact) mass is 452 g/mol. The highest BCUT2D eigenvalue weighted by molar-refractivity contribution is 6.16. The van der Waals surface area contributed by atoms with Gasteiger partial charge < -0.3 is 10.2 Å². The van der Waals surface area contributed by atoms with Crippen molar-refractivity contribution in [2.75, 3.05) is 10.2 Å². The summed E-state index contributed by atoms with van der Waals surface area (Å²) in [5, 5.41) is 2.97. The number of hydrogen-bond acceptors (Lipinski definition) is 4. The molecule has 6 rings (SSSR count). The molecule has 5 nitrogen and oxygen atoms in total. The predicted octanol–water partition coefficient (Wildman–Crippen LogP) is 4.39. The van der Waals surface area contributed by atoms with E-state index in [1.165, 1.54) is 31.2 Å². The summed E-state index contributed by atoms with van der Waals surface area (Å²) >= 11 is 0. The third-order valence-corrected chi connectivity index (χ3v) is 7.37. The van der Waals surface area contributed by atoms with Gasteiger partial charge in [0.1, 0.15) is 11.2 Å². The summed E-state index contributed by atoms with van der Waals surface area (Å²) in [6.07, 6.45) is 3.88. The number of carbonyl (C=O) groups excluding carboxylic acids is 3. The van der Waals surface area contributed by atoms with E-state index in [-0.39, 0.29) is 23.0 Å². The summed E-state index contributed by atoms with van der Waals surface area (Å²) in [4.78, 5) is 43.2. The van der Waals surface area contributed by atoms with Crippen LogP contribution in [0.5, 0.6) is 0 Å². The first-order chi connectivity index (χ1) is 16.4. The Morgan fingerprint density at radius 3 is 2.44 bits per heavy atom. The van der Waals surface area contributed by atoms with E-state index in [0.29, 0.717) is 11.3 Å². The van der Waals surface area contributed by atoms with Crippen LogP contribution < -0.4 is 10.2 Å². The van der Waals surface area contributed by atoms with E-state index in [2.05, 4.69) is 5.32 Å². The Morgan fingerprint density at radius 2 is 1.68 bits per heavy atom. The Morgan fingerprint density at radius 1 is 0.971 bits per heavy atom. The Bertz CT molecular complexity index is 1400. The summed E-state index contributed by atoms with van der Waals surface area (Å²) < 4.78 is 13.6. The molecule has 3 aliphatic rings. The van der Waals surface area contributed by atoms with Crippen LogP contribution in [0, 0.1) is 11.7 Å². The first-order valence-electron chi connectivity index (χ1n) is 11.2. The number of hydrogen-bond donors (Lipinski definition) is 1. The minimum Gasteiger partial charge on any atom is -0.352 e. The fourth-order valence-corrected chi connectivity index (χ4v) is 6.07. The van der Waals surface area contributed by atoms with Crippen LogP contribution in [0.3, 0.4) is 0 Å². The molecular weight excluding hydrogens is 431 g/mol. The zero-order valence-corrected chi connectivity index (χ0v) is 18.4. The quantitative estimate of drug-likeness (QED) is 0.599. The van der Waals surface area contributed by atoms with Gasteiger partial charge in [0, 0.05) is 16.9 Å². The molecule has 6 heteroatoms. The third-order valence-electron chi connectivity index (χ3n) is 7.37. The lowest BCUT2D eigenvalue weighted by Gasteiger charge is -2.37. The molecule has 1 N–H and O–H groups in total. The number of fused-ring (bicyclic) bond motifs is 6. The Kier molecular flexibility index (Phi) is 4.36. The maximum Gasteiger partial charge on any atom is 0.238 e. The highest BCUT2D eigenvalue weighted by Crippen LogP contribution is 2.57. The number of amides is 1. The van der Waals surface area contributed by atoms with Crippen LogP contribution in [0.15, 0.2) is 78.9 Å². The number of nitrogens with zero attached hydrogens (tertiary/aromatic N) is 1. The molecule has 1 amide bonds. The number of benzene rings is 3. The molecule has 4 unspecified atom stereocenters. The average Bonchev–Trinajstić information content (AvgIpc) is 3.32. The molecule has 3 aliphatic heterocycles. The van der Waals surface area contributed by atoms with Crippen LogP contribution in [-0.2, 0) is 15.0 Å². The smallest absolute Gasteiger partial charge is 0.238 e. The lowest BCUT2D eigenvalue weighted by Crippen LogP contribution is -2.51. The molecule has 0 radical (unpaired) electrons. The fraction of sp³-hybridized carbons (Fsp3) is 0.179. The van der Waals surface area contributed by atoms with Gasteiger partial charge in [0.05, 0.1) is 18.0 Å². The maximum absolute atomic E-state index is 14.1. The van der Waals surface area contributed by atoms with Crippen molar-refractivity contribution in [3.05, 3.63) is 101 Å². The van der Waals surface area contributed by atoms with E-state index >= 15 is 0 Å². The van der Waals surface area contributed by atoms with Gasteiger partial charge in [-0.05, 0) is 54.4 Å². The van der Waals surface area contributed by atoms with E-state index in [0.717, 1.165) is 11.3 Å². The van der Waals surface area contributed by atoms with Gasteiger partial charge in [-0.3, -0.25) is 14.4 Å². The van der Waals surface area contributed by atoms with E-state index < -0.39 is 29.2 Å². The molecule has 1 spiro atoms. The van der Waals surface area contributed by atoms with Gasteiger partial charge in [-0.15, -0.1) is 0 Å². The molecule has 3 aromatic carbocycles. The first-order valence-corrected chi connectivity index (χ1v) is 11.2. The minimum atomic E-state index is -1.32. The van der Waals surface area contributed by atoms with Crippen molar-refractivity contribution in [3.63, 3.8) is 0 Å². The minimum absolute atomic E-state index is 0.204. The molecule has 0 bridgehead atoms. The van der Waals surface area contributed by atoms with Gasteiger partial charge in [-0.2, -0.15) is 0 Å². The van der Waals surface area contributed by atoms with Crippen molar-refractivity contribution >= 4 is 34.9 Å². The van der Waals surface area contributed by atoms with Gasteiger partial charge in [0.15, 0.2) is 11.6 Å². The zero-order chi connectivity index (χ0) is 23.6. The molecule has 0 saturated carbocycles. The molecule has 1 fully saturated rings. The average molecular weight is 452 g/mol. The Hall–Kier alpha value is -4.06. The zero-order valence-electron chi connectivity index (χ0n) is 18.4. The molecule has 0 aromatic heterocycles. The van der Waals surface area contributed by atoms with Crippen LogP contribution in [0.1, 0.15) is 28.4 Å². The molecule has 168 valence electrons. The van der Waals surface area contributed by atoms with E-state index in [1.54, 1.807) is 0 Å². The summed E-state index contributed by atoms with van der Waals surface area (Å²) in [7, 11) is 0. The Balaban J connectivity index is 1.66. The second-order valence-electron chi connectivity index (χ2n) is 9.04. The lowest BCUT2D eigenvalue weighted by molar-refractivity contribution is -0.122. The van der Waals surface area contributed by atoms with Crippen molar-refractivity contribution in [1.29, 1.82) is 0 Å².